The lowest BCUT2D eigenvalue weighted by Gasteiger charge is -2.38. The highest BCUT2D eigenvalue weighted by Crippen LogP contribution is 2.40. The summed E-state index contributed by atoms with van der Waals surface area (Å²) < 4.78 is 39.1. The van der Waals surface area contributed by atoms with Crippen molar-refractivity contribution < 1.29 is 22.7 Å². The SMILES string of the molecule is COc1ccc(S(=O)(=O)N2CCCC2)cc1CCC(=O)N[C@H]1CC(C)(C)Oc2cc(C)ccc21. The molecule has 1 fully saturated rings. The third kappa shape index (κ3) is 5.23. The van der Waals surface area contributed by atoms with E-state index in [4.69, 9.17) is 9.47 Å². The van der Waals surface area contributed by atoms with E-state index in [1.54, 1.807) is 25.3 Å². The maximum atomic E-state index is 13.0. The molecule has 0 unspecified atom stereocenters. The second-order valence-corrected chi connectivity index (χ2v) is 11.8. The molecule has 7 nitrogen and oxygen atoms in total. The minimum Gasteiger partial charge on any atom is -0.496 e. The molecule has 2 aromatic carbocycles. The molecule has 184 valence electrons. The highest BCUT2D eigenvalue weighted by Gasteiger charge is 2.34. The molecule has 0 saturated carbocycles. The molecule has 0 spiro atoms. The summed E-state index contributed by atoms with van der Waals surface area (Å²) in [6, 6.07) is 10.8. The fourth-order valence-electron chi connectivity index (χ4n) is 4.79. The first-order valence-electron chi connectivity index (χ1n) is 11.8. The van der Waals surface area contributed by atoms with E-state index in [-0.39, 0.29) is 28.9 Å². The molecule has 0 radical (unpaired) electrons. The van der Waals surface area contributed by atoms with Crippen LogP contribution in [0.3, 0.4) is 0 Å². The zero-order valence-corrected chi connectivity index (χ0v) is 21.2. The Balaban J connectivity index is 1.48. The molecule has 2 heterocycles. The third-order valence-electron chi connectivity index (χ3n) is 6.54. The van der Waals surface area contributed by atoms with Crippen molar-refractivity contribution in [3.63, 3.8) is 0 Å². The summed E-state index contributed by atoms with van der Waals surface area (Å²) >= 11 is 0. The summed E-state index contributed by atoms with van der Waals surface area (Å²) in [5.41, 5.74) is 2.41. The Kier molecular flexibility index (Phi) is 6.92. The number of nitrogens with one attached hydrogen (secondary N) is 1. The van der Waals surface area contributed by atoms with Crippen LogP contribution in [0.25, 0.3) is 0 Å². The van der Waals surface area contributed by atoms with E-state index in [0.29, 0.717) is 37.2 Å². The normalized spacial score (nSPS) is 19.8. The molecule has 1 atom stereocenters. The van der Waals surface area contributed by atoms with E-state index in [0.717, 1.165) is 29.7 Å². The van der Waals surface area contributed by atoms with E-state index < -0.39 is 10.0 Å². The van der Waals surface area contributed by atoms with Gasteiger partial charge in [0.25, 0.3) is 0 Å². The number of aryl methyl sites for hydroxylation is 2. The molecule has 1 amide bonds. The molecule has 0 aliphatic carbocycles. The topological polar surface area (TPSA) is 84.9 Å². The average Bonchev–Trinajstić information content (AvgIpc) is 3.32. The van der Waals surface area contributed by atoms with Crippen LogP contribution in [-0.2, 0) is 21.2 Å². The number of amides is 1. The van der Waals surface area contributed by atoms with Crippen LogP contribution >= 0.6 is 0 Å². The van der Waals surface area contributed by atoms with Gasteiger partial charge in [-0.15, -0.1) is 0 Å². The van der Waals surface area contributed by atoms with Gasteiger partial charge in [0, 0.05) is 31.5 Å². The Hall–Kier alpha value is -2.58. The smallest absolute Gasteiger partial charge is 0.243 e. The maximum absolute atomic E-state index is 13.0. The van der Waals surface area contributed by atoms with Crippen molar-refractivity contribution in [2.24, 2.45) is 0 Å². The number of nitrogens with zero attached hydrogens (tertiary/aromatic N) is 1. The van der Waals surface area contributed by atoms with Crippen LogP contribution in [0.4, 0.5) is 0 Å². The van der Waals surface area contributed by atoms with E-state index in [2.05, 4.69) is 5.32 Å². The lowest BCUT2D eigenvalue weighted by atomic mass is 9.89. The van der Waals surface area contributed by atoms with Gasteiger partial charge in [0.1, 0.15) is 17.1 Å². The van der Waals surface area contributed by atoms with Gasteiger partial charge in [-0.1, -0.05) is 12.1 Å². The Labute approximate surface area is 202 Å². The summed E-state index contributed by atoms with van der Waals surface area (Å²) in [6.07, 6.45) is 3.04. The summed E-state index contributed by atoms with van der Waals surface area (Å²) in [5, 5.41) is 3.16. The van der Waals surface area contributed by atoms with Crippen molar-refractivity contribution >= 4 is 15.9 Å². The first-order chi connectivity index (χ1) is 16.1. The molecular formula is C26H34N2O5S. The number of benzene rings is 2. The van der Waals surface area contributed by atoms with Crippen LogP contribution in [-0.4, -0.2) is 44.4 Å². The quantitative estimate of drug-likeness (QED) is 0.636. The van der Waals surface area contributed by atoms with E-state index in [9.17, 15) is 13.2 Å². The zero-order chi connectivity index (χ0) is 24.5. The molecule has 2 aliphatic rings. The summed E-state index contributed by atoms with van der Waals surface area (Å²) in [5.74, 6) is 1.30. The first-order valence-corrected chi connectivity index (χ1v) is 13.3. The summed E-state index contributed by atoms with van der Waals surface area (Å²) in [4.78, 5) is 13.2. The van der Waals surface area contributed by atoms with E-state index >= 15 is 0 Å². The molecule has 34 heavy (non-hydrogen) atoms. The predicted octanol–water partition coefficient (Wildman–Crippen LogP) is 4.14. The largest absolute Gasteiger partial charge is 0.496 e. The van der Waals surface area contributed by atoms with Crippen molar-refractivity contribution in [1.29, 1.82) is 0 Å². The van der Waals surface area contributed by atoms with Crippen molar-refractivity contribution in [2.75, 3.05) is 20.2 Å². The van der Waals surface area contributed by atoms with E-state index in [1.165, 1.54) is 4.31 Å². The molecule has 0 bridgehead atoms. The Morgan fingerprint density at radius 3 is 2.62 bits per heavy atom. The number of fused-ring (bicyclic) bond motifs is 1. The standard InChI is InChI=1S/C26H34N2O5S/c1-18-7-10-21-22(17-26(2,3)33-24(21)15-18)27-25(29)12-8-19-16-20(9-11-23(19)32-4)34(30,31)28-13-5-6-14-28/h7,9-11,15-16,22H,5-6,8,12-14,17H2,1-4H3,(H,27,29)/t22-/m0/s1. The van der Waals surface area contributed by atoms with E-state index in [1.807, 2.05) is 39.0 Å². The van der Waals surface area contributed by atoms with Gasteiger partial charge in [-0.05, 0) is 75.4 Å². The Morgan fingerprint density at radius 1 is 1.18 bits per heavy atom. The number of ether oxygens (including phenoxy) is 2. The zero-order valence-electron chi connectivity index (χ0n) is 20.4. The van der Waals surface area contributed by atoms with Crippen molar-refractivity contribution in [3.8, 4) is 11.5 Å². The van der Waals surface area contributed by atoms with Crippen LogP contribution in [0.2, 0.25) is 0 Å². The van der Waals surface area contributed by atoms with Crippen LogP contribution in [0, 0.1) is 6.92 Å². The number of sulfonamides is 1. The second-order valence-electron chi connectivity index (χ2n) is 9.81. The van der Waals surface area contributed by atoms with Gasteiger partial charge < -0.3 is 14.8 Å². The number of carbonyl (C=O) groups excluding carboxylic acids is 1. The molecular weight excluding hydrogens is 452 g/mol. The molecule has 0 aromatic heterocycles. The predicted molar refractivity (Wildman–Crippen MR) is 131 cm³/mol. The molecule has 2 aliphatic heterocycles. The van der Waals surface area contributed by atoms with Crippen molar-refractivity contribution in [2.45, 2.75) is 69.4 Å². The lowest BCUT2D eigenvalue weighted by Crippen LogP contribution is -2.41. The third-order valence-corrected chi connectivity index (χ3v) is 8.43. The van der Waals surface area contributed by atoms with Gasteiger partial charge in [0.15, 0.2) is 0 Å². The molecule has 1 saturated heterocycles. The number of hydrogen-bond donors (Lipinski definition) is 1. The monoisotopic (exact) mass is 486 g/mol. The highest BCUT2D eigenvalue weighted by molar-refractivity contribution is 7.89. The number of methoxy groups -OCH3 is 1. The fraction of sp³-hybridized carbons (Fsp3) is 0.500. The fourth-order valence-corrected chi connectivity index (χ4v) is 6.36. The Morgan fingerprint density at radius 2 is 1.91 bits per heavy atom. The molecule has 8 heteroatoms. The van der Waals surface area contributed by atoms with Crippen LogP contribution < -0.4 is 14.8 Å². The Bertz CT molecular complexity index is 1170. The minimum absolute atomic E-state index is 0.0934. The van der Waals surface area contributed by atoms with Gasteiger partial charge in [-0.25, -0.2) is 8.42 Å². The van der Waals surface area contributed by atoms with Crippen LogP contribution in [0.5, 0.6) is 11.5 Å². The number of hydrogen-bond acceptors (Lipinski definition) is 5. The molecule has 2 aromatic rings. The van der Waals surface area contributed by atoms with Gasteiger partial charge in [0.05, 0.1) is 18.0 Å². The average molecular weight is 487 g/mol. The molecule has 1 N–H and O–H groups in total. The van der Waals surface area contributed by atoms with Gasteiger partial charge in [-0.3, -0.25) is 4.79 Å². The summed E-state index contributed by atoms with van der Waals surface area (Å²) in [6.45, 7) is 7.16. The molecule has 4 rings (SSSR count). The van der Waals surface area contributed by atoms with Crippen molar-refractivity contribution in [3.05, 3.63) is 53.1 Å². The van der Waals surface area contributed by atoms with Gasteiger partial charge in [-0.2, -0.15) is 4.31 Å². The maximum Gasteiger partial charge on any atom is 0.243 e. The lowest BCUT2D eigenvalue weighted by molar-refractivity contribution is -0.122. The number of rotatable bonds is 7. The van der Waals surface area contributed by atoms with Crippen LogP contribution in [0.1, 0.15) is 62.3 Å². The second kappa shape index (κ2) is 9.58. The van der Waals surface area contributed by atoms with Gasteiger partial charge >= 0.3 is 0 Å². The van der Waals surface area contributed by atoms with Gasteiger partial charge in [0.2, 0.25) is 15.9 Å². The van der Waals surface area contributed by atoms with Crippen molar-refractivity contribution in [1.82, 2.24) is 9.62 Å². The highest BCUT2D eigenvalue weighted by atomic mass is 32.2. The number of carbonyl (C=O) groups is 1. The first kappa shape index (κ1) is 24.5. The minimum atomic E-state index is -3.53. The van der Waals surface area contributed by atoms with Crippen LogP contribution in [0.15, 0.2) is 41.3 Å². The summed E-state index contributed by atoms with van der Waals surface area (Å²) in [7, 11) is -1.98.